The van der Waals surface area contributed by atoms with Crippen molar-refractivity contribution in [3.8, 4) is 0 Å². The van der Waals surface area contributed by atoms with Crippen molar-refractivity contribution in [1.29, 1.82) is 0 Å². The lowest BCUT2D eigenvalue weighted by atomic mass is 9.90. The monoisotopic (exact) mass is 380 g/mol. The second-order valence-electron chi connectivity index (χ2n) is 7.14. The summed E-state index contributed by atoms with van der Waals surface area (Å²) in [6.07, 6.45) is 3.97. The molecule has 0 radical (unpaired) electrons. The Morgan fingerprint density at radius 2 is 1.96 bits per heavy atom. The molecule has 0 unspecified atom stereocenters. The molecule has 0 fully saturated rings. The van der Waals surface area contributed by atoms with Crippen molar-refractivity contribution in [2.45, 2.75) is 38.6 Å². The molecule has 0 spiro atoms. The SMILES string of the molecule is Cn1nc(CNC(=O)OCCc2ccccc2)c2c3c(c(=O)[nH]c21)CCCC3. The molecular weight excluding hydrogens is 356 g/mol. The number of H-pyrrole nitrogens is 1. The molecule has 1 aliphatic carbocycles. The Bertz CT molecular complexity index is 1050. The fourth-order valence-corrected chi connectivity index (χ4v) is 3.89. The number of ether oxygens (including phenoxy) is 1. The highest BCUT2D eigenvalue weighted by molar-refractivity contribution is 5.84. The van der Waals surface area contributed by atoms with Crippen LogP contribution in [0.4, 0.5) is 4.79 Å². The number of nitrogens with zero attached hydrogens (tertiary/aromatic N) is 2. The van der Waals surface area contributed by atoms with Crippen LogP contribution in [0.25, 0.3) is 11.0 Å². The topological polar surface area (TPSA) is 89.0 Å². The maximum Gasteiger partial charge on any atom is 0.407 e. The molecule has 4 rings (SSSR count). The summed E-state index contributed by atoms with van der Waals surface area (Å²) >= 11 is 0. The van der Waals surface area contributed by atoms with Gasteiger partial charge in [-0.1, -0.05) is 30.3 Å². The van der Waals surface area contributed by atoms with Gasteiger partial charge in [-0.05, 0) is 36.8 Å². The highest BCUT2D eigenvalue weighted by atomic mass is 16.5. The zero-order valence-electron chi connectivity index (χ0n) is 16.0. The molecule has 1 aliphatic rings. The first-order chi connectivity index (χ1) is 13.6. The van der Waals surface area contributed by atoms with E-state index in [0.717, 1.165) is 53.5 Å². The third kappa shape index (κ3) is 3.65. The Hall–Kier alpha value is -3.09. The number of carbonyl (C=O) groups is 1. The summed E-state index contributed by atoms with van der Waals surface area (Å²) in [5, 5.41) is 8.26. The Labute approximate surface area is 162 Å². The van der Waals surface area contributed by atoms with E-state index in [9.17, 15) is 9.59 Å². The van der Waals surface area contributed by atoms with Gasteiger partial charge in [-0.3, -0.25) is 9.48 Å². The average Bonchev–Trinajstić information content (AvgIpc) is 3.03. The van der Waals surface area contributed by atoms with Gasteiger partial charge in [0, 0.05) is 24.4 Å². The summed E-state index contributed by atoms with van der Waals surface area (Å²) < 4.78 is 6.95. The third-order valence-electron chi connectivity index (χ3n) is 5.26. The van der Waals surface area contributed by atoms with Crippen LogP contribution in [0.1, 0.15) is 35.2 Å². The number of amides is 1. The molecule has 7 nitrogen and oxygen atoms in total. The van der Waals surface area contributed by atoms with Crippen molar-refractivity contribution in [3.63, 3.8) is 0 Å². The van der Waals surface area contributed by atoms with Crippen LogP contribution in [0.2, 0.25) is 0 Å². The van der Waals surface area contributed by atoms with Crippen molar-refractivity contribution < 1.29 is 9.53 Å². The molecule has 0 bridgehead atoms. The van der Waals surface area contributed by atoms with E-state index in [2.05, 4.69) is 15.4 Å². The maximum absolute atomic E-state index is 12.4. The number of fused-ring (bicyclic) bond motifs is 3. The number of aromatic amines is 1. The summed E-state index contributed by atoms with van der Waals surface area (Å²) in [4.78, 5) is 27.4. The van der Waals surface area contributed by atoms with Crippen LogP contribution >= 0.6 is 0 Å². The molecule has 0 atom stereocenters. The minimum Gasteiger partial charge on any atom is -0.449 e. The Balaban J connectivity index is 1.45. The predicted octanol–water partition coefficient (Wildman–Crippen LogP) is 2.61. The van der Waals surface area contributed by atoms with Gasteiger partial charge in [0.05, 0.1) is 18.8 Å². The van der Waals surface area contributed by atoms with E-state index in [1.807, 2.05) is 30.3 Å². The molecule has 146 valence electrons. The summed E-state index contributed by atoms with van der Waals surface area (Å²) in [5.74, 6) is 0. The highest BCUT2D eigenvalue weighted by Gasteiger charge is 2.22. The molecule has 1 aromatic carbocycles. The van der Waals surface area contributed by atoms with E-state index in [0.29, 0.717) is 18.7 Å². The van der Waals surface area contributed by atoms with Crippen LogP contribution in [-0.2, 0) is 37.6 Å². The zero-order valence-corrected chi connectivity index (χ0v) is 16.0. The zero-order chi connectivity index (χ0) is 19.5. The normalized spacial score (nSPS) is 13.3. The molecule has 2 N–H and O–H groups in total. The van der Waals surface area contributed by atoms with Crippen LogP contribution in [-0.4, -0.2) is 27.5 Å². The van der Waals surface area contributed by atoms with Gasteiger partial charge >= 0.3 is 6.09 Å². The second kappa shape index (κ2) is 7.88. The molecule has 0 saturated heterocycles. The Kier molecular flexibility index (Phi) is 5.14. The number of pyridine rings is 1. The lowest BCUT2D eigenvalue weighted by molar-refractivity contribution is 0.147. The standard InChI is InChI=1S/C21H24N4O3/c1-25-19-18(15-9-5-6-10-16(15)20(26)23-19)17(24-25)13-22-21(27)28-12-11-14-7-3-2-4-8-14/h2-4,7-8H,5-6,9-13H2,1H3,(H,22,27)(H,23,26). The van der Waals surface area contributed by atoms with Gasteiger partial charge in [0.15, 0.2) is 0 Å². The molecule has 0 aliphatic heterocycles. The van der Waals surface area contributed by atoms with Gasteiger partial charge in [0.2, 0.25) is 0 Å². The minimum absolute atomic E-state index is 0.0231. The summed E-state index contributed by atoms with van der Waals surface area (Å²) in [5.41, 5.74) is 4.50. The first kappa shape index (κ1) is 18.3. The number of hydrogen-bond acceptors (Lipinski definition) is 4. The Morgan fingerprint density at radius 1 is 1.21 bits per heavy atom. The van der Waals surface area contributed by atoms with Crippen molar-refractivity contribution in [2.75, 3.05) is 6.61 Å². The van der Waals surface area contributed by atoms with Gasteiger partial charge < -0.3 is 15.0 Å². The molecular formula is C21H24N4O3. The first-order valence-corrected chi connectivity index (χ1v) is 9.67. The van der Waals surface area contributed by atoms with E-state index in [-0.39, 0.29) is 12.1 Å². The van der Waals surface area contributed by atoms with E-state index in [1.165, 1.54) is 0 Å². The molecule has 2 heterocycles. The number of benzene rings is 1. The number of hydrogen-bond donors (Lipinski definition) is 2. The summed E-state index contributed by atoms with van der Waals surface area (Å²) in [6.45, 7) is 0.585. The molecule has 1 amide bonds. The van der Waals surface area contributed by atoms with E-state index in [4.69, 9.17) is 4.74 Å². The van der Waals surface area contributed by atoms with Crippen LogP contribution < -0.4 is 10.9 Å². The van der Waals surface area contributed by atoms with Crippen molar-refractivity contribution in [1.82, 2.24) is 20.1 Å². The molecule has 28 heavy (non-hydrogen) atoms. The number of alkyl carbamates (subject to hydrolysis) is 1. The van der Waals surface area contributed by atoms with Gasteiger partial charge in [-0.25, -0.2) is 4.79 Å². The van der Waals surface area contributed by atoms with E-state index < -0.39 is 6.09 Å². The van der Waals surface area contributed by atoms with Crippen LogP contribution in [0.15, 0.2) is 35.1 Å². The molecule has 7 heteroatoms. The third-order valence-corrected chi connectivity index (χ3v) is 5.26. The van der Waals surface area contributed by atoms with Crippen molar-refractivity contribution in [2.24, 2.45) is 7.05 Å². The highest BCUT2D eigenvalue weighted by Crippen LogP contribution is 2.27. The van der Waals surface area contributed by atoms with Crippen LogP contribution in [0.5, 0.6) is 0 Å². The van der Waals surface area contributed by atoms with Crippen molar-refractivity contribution >= 4 is 17.1 Å². The lowest BCUT2D eigenvalue weighted by Gasteiger charge is -2.16. The number of carbonyl (C=O) groups excluding carboxylic acids is 1. The van der Waals surface area contributed by atoms with Gasteiger partial charge in [-0.2, -0.15) is 5.10 Å². The summed E-state index contributed by atoms with van der Waals surface area (Å²) in [6, 6.07) is 9.90. The minimum atomic E-state index is -0.465. The number of aromatic nitrogens is 3. The average molecular weight is 380 g/mol. The fourth-order valence-electron chi connectivity index (χ4n) is 3.89. The van der Waals surface area contributed by atoms with E-state index >= 15 is 0 Å². The second-order valence-corrected chi connectivity index (χ2v) is 7.14. The molecule has 3 aromatic rings. The first-order valence-electron chi connectivity index (χ1n) is 9.67. The van der Waals surface area contributed by atoms with E-state index in [1.54, 1.807) is 11.7 Å². The van der Waals surface area contributed by atoms with Gasteiger partial charge in [-0.15, -0.1) is 0 Å². The largest absolute Gasteiger partial charge is 0.449 e. The van der Waals surface area contributed by atoms with Gasteiger partial charge in [0.25, 0.3) is 5.56 Å². The predicted molar refractivity (Wildman–Crippen MR) is 106 cm³/mol. The van der Waals surface area contributed by atoms with Crippen LogP contribution in [0, 0.1) is 0 Å². The smallest absolute Gasteiger partial charge is 0.407 e. The fraction of sp³-hybridized carbons (Fsp3) is 0.381. The lowest BCUT2D eigenvalue weighted by Crippen LogP contribution is -2.25. The number of aryl methyl sites for hydroxylation is 2. The molecule has 2 aromatic heterocycles. The maximum atomic E-state index is 12.4. The van der Waals surface area contributed by atoms with Crippen molar-refractivity contribution in [3.05, 3.63) is 63.1 Å². The summed E-state index contributed by atoms with van der Waals surface area (Å²) in [7, 11) is 1.80. The number of rotatable bonds is 5. The number of nitrogens with one attached hydrogen (secondary N) is 2. The molecule has 0 saturated carbocycles. The Morgan fingerprint density at radius 3 is 2.75 bits per heavy atom. The van der Waals surface area contributed by atoms with Crippen LogP contribution in [0.3, 0.4) is 0 Å². The van der Waals surface area contributed by atoms with Gasteiger partial charge in [0.1, 0.15) is 5.65 Å². The quantitative estimate of drug-likeness (QED) is 0.712.